The minimum Gasteiger partial charge on any atom is -0.460 e. The molecule has 0 radical (unpaired) electrons. The number of nitrogens with one attached hydrogen (secondary N) is 2. The van der Waals surface area contributed by atoms with Crippen LogP contribution in [-0.4, -0.2) is 108 Å². The van der Waals surface area contributed by atoms with Gasteiger partial charge in [-0.25, -0.2) is 19.2 Å². The molecule has 3 unspecified atom stereocenters. The lowest BCUT2D eigenvalue weighted by Gasteiger charge is -2.38. The van der Waals surface area contributed by atoms with Crippen LogP contribution in [0.1, 0.15) is 70.2 Å². The Morgan fingerprint density at radius 1 is 0.761 bits per heavy atom. The van der Waals surface area contributed by atoms with Crippen molar-refractivity contribution in [2.75, 3.05) is 32.5 Å². The maximum absolute atomic E-state index is 13.5. The van der Waals surface area contributed by atoms with Crippen molar-refractivity contribution < 1.29 is 47.7 Å². The van der Waals surface area contributed by atoms with Crippen molar-refractivity contribution in [1.82, 2.24) is 20.4 Å². The molecule has 0 aliphatic heterocycles. The van der Waals surface area contributed by atoms with Crippen LogP contribution in [0.25, 0.3) is 0 Å². The van der Waals surface area contributed by atoms with Gasteiger partial charge in [0.2, 0.25) is 12.3 Å². The number of nitrogens with two attached hydrogens (primary N) is 1. The van der Waals surface area contributed by atoms with Crippen molar-refractivity contribution >= 4 is 48.3 Å². The van der Waals surface area contributed by atoms with Gasteiger partial charge in [-0.1, -0.05) is 116 Å². The average molecular weight is 938 g/mol. The molecule has 67 heavy (non-hydrogen) atoms. The third kappa shape index (κ3) is 16.2. The summed E-state index contributed by atoms with van der Waals surface area (Å²) in [7, 11) is 1.52. The fourth-order valence-electron chi connectivity index (χ4n) is 6.99. The van der Waals surface area contributed by atoms with Gasteiger partial charge in [-0.15, -0.1) is 11.8 Å². The molecule has 0 aliphatic carbocycles. The Balaban J connectivity index is 1.51. The van der Waals surface area contributed by atoms with Crippen LogP contribution in [0.2, 0.25) is 0 Å². The summed E-state index contributed by atoms with van der Waals surface area (Å²) in [5.41, 5.74) is 7.95. The van der Waals surface area contributed by atoms with Gasteiger partial charge in [0.1, 0.15) is 35.6 Å². The number of likely N-dealkylation sites (N-methyl/N-ethyl adjacent to an activating group) is 1. The van der Waals surface area contributed by atoms with E-state index in [9.17, 15) is 28.8 Å². The predicted octanol–water partition coefficient (Wildman–Crippen LogP) is 7.60. The number of primary amides is 1. The quantitative estimate of drug-likeness (QED) is 0.0231. The van der Waals surface area contributed by atoms with Gasteiger partial charge in [0.25, 0.3) is 0 Å². The monoisotopic (exact) mass is 937 g/mol. The topological polar surface area (TPSA) is 196 Å². The molecule has 4 aromatic carbocycles. The van der Waals surface area contributed by atoms with Gasteiger partial charge in [0.05, 0.1) is 10.8 Å². The number of thioether (sulfide) groups is 1. The van der Waals surface area contributed by atoms with Gasteiger partial charge in [0, 0.05) is 32.3 Å². The summed E-state index contributed by atoms with van der Waals surface area (Å²) in [6.45, 7) is 13.6. The molecule has 15 nitrogen and oxygen atoms in total. The lowest BCUT2D eigenvalue weighted by Crippen LogP contribution is -2.53. The average Bonchev–Trinajstić information content (AvgIpc) is 3.28. The van der Waals surface area contributed by atoms with Crippen molar-refractivity contribution in [2.45, 2.75) is 88.5 Å². The zero-order valence-electron chi connectivity index (χ0n) is 39.3. The SMILES string of the molecule is C=CCOC(=O)C(Cc1ccc(OC(=O)NCCC(CN(C=O)C(CSC(c2ccccc2)(c2ccccc2)c2ccccc2)C(N)=O)N(C)C(=O)OC(C)(C)C)cc1)NC(=O)OC(C)(C)C. The van der Waals surface area contributed by atoms with Crippen LogP contribution < -0.4 is 21.1 Å². The molecule has 0 aliphatic rings. The predicted molar refractivity (Wildman–Crippen MR) is 258 cm³/mol. The number of ether oxygens (including phenoxy) is 4. The Bertz CT molecular complexity index is 2150. The number of hydrogen-bond donors (Lipinski definition) is 3. The van der Waals surface area contributed by atoms with Crippen molar-refractivity contribution in [1.29, 1.82) is 0 Å². The number of carbonyl (C=O) groups excluding carboxylic acids is 6. The number of esters is 1. The number of rotatable bonds is 22. The van der Waals surface area contributed by atoms with E-state index in [4.69, 9.17) is 24.7 Å². The van der Waals surface area contributed by atoms with Crippen LogP contribution >= 0.6 is 11.8 Å². The molecule has 4 aromatic rings. The largest absolute Gasteiger partial charge is 0.460 e. The van der Waals surface area contributed by atoms with E-state index in [-0.39, 0.29) is 44.0 Å². The number of nitrogens with zero attached hydrogens (tertiary/aromatic N) is 2. The summed E-state index contributed by atoms with van der Waals surface area (Å²) in [4.78, 5) is 80.8. The van der Waals surface area contributed by atoms with Crippen LogP contribution in [0, 0.1) is 0 Å². The molecule has 4 N–H and O–H groups in total. The minimum absolute atomic E-state index is 0.0125. The summed E-state index contributed by atoms with van der Waals surface area (Å²) in [5, 5.41) is 5.24. The lowest BCUT2D eigenvalue weighted by atomic mass is 9.84. The van der Waals surface area contributed by atoms with Crippen molar-refractivity contribution in [3.05, 3.63) is 150 Å². The first-order valence-corrected chi connectivity index (χ1v) is 22.8. The second-order valence-corrected chi connectivity index (χ2v) is 18.9. The summed E-state index contributed by atoms with van der Waals surface area (Å²) in [5.74, 6) is -1.16. The molecule has 358 valence electrons. The number of amides is 5. The summed E-state index contributed by atoms with van der Waals surface area (Å²) >= 11 is 1.47. The Hall–Kier alpha value is -6.81. The van der Waals surface area contributed by atoms with Crippen molar-refractivity contribution in [3.8, 4) is 5.75 Å². The number of alkyl carbamates (subject to hydrolysis) is 1. The number of carbonyl (C=O) groups is 6. The molecule has 3 atom stereocenters. The van der Waals surface area contributed by atoms with E-state index in [1.807, 2.05) is 91.0 Å². The smallest absolute Gasteiger partial charge is 0.412 e. The van der Waals surface area contributed by atoms with E-state index in [1.165, 1.54) is 46.8 Å². The molecule has 0 aromatic heterocycles. The van der Waals surface area contributed by atoms with Crippen LogP contribution in [0.4, 0.5) is 14.4 Å². The molecule has 0 saturated carbocycles. The van der Waals surface area contributed by atoms with E-state index >= 15 is 0 Å². The van der Waals surface area contributed by atoms with Crippen LogP contribution in [-0.2, 0) is 39.8 Å². The highest BCUT2D eigenvalue weighted by Gasteiger charge is 2.40. The first-order valence-electron chi connectivity index (χ1n) is 21.8. The van der Waals surface area contributed by atoms with Gasteiger partial charge in [0.15, 0.2) is 0 Å². The van der Waals surface area contributed by atoms with E-state index < -0.39 is 64.2 Å². The van der Waals surface area contributed by atoms with Gasteiger partial charge < -0.3 is 45.1 Å². The van der Waals surface area contributed by atoms with Gasteiger partial charge >= 0.3 is 24.2 Å². The number of benzene rings is 4. The van der Waals surface area contributed by atoms with E-state index in [1.54, 1.807) is 53.7 Å². The third-order valence-electron chi connectivity index (χ3n) is 10.2. The summed E-state index contributed by atoms with van der Waals surface area (Å²) < 4.78 is 20.9. The molecular weight excluding hydrogens is 875 g/mol. The molecule has 0 bridgehead atoms. The summed E-state index contributed by atoms with van der Waals surface area (Å²) in [6.07, 6.45) is -0.146. The highest BCUT2D eigenvalue weighted by molar-refractivity contribution is 8.00. The van der Waals surface area contributed by atoms with Gasteiger partial charge in [-0.2, -0.15) is 0 Å². The van der Waals surface area contributed by atoms with E-state index in [2.05, 4.69) is 17.2 Å². The molecule has 5 amide bonds. The zero-order valence-corrected chi connectivity index (χ0v) is 40.1. The van der Waals surface area contributed by atoms with Gasteiger partial charge in [-0.3, -0.25) is 9.59 Å². The second-order valence-electron chi connectivity index (χ2n) is 17.6. The second kappa shape index (κ2) is 24.6. The third-order valence-corrected chi connectivity index (χ3v) is 11.8. The Labute approximate surface area is 397 Å². The zero-order chi connectivity index (χ0) is 49.2. The van der Waals surface area contributed by atoms with Crippen LogP contribution in [0.15, 0.2) is 128 Å². The van der Waals surface area contributed by atoms with Crippen molar-refractivity contribution in [2.24, 2.45) is 5.73 Å². The lowest BCUT2D eigenvalue weighted by molar-refractivity contribution is -0.144. The Morgan fingerprint density at radius 2 is 1.28 bits per heavy atom. The molecule has 0 fully saturated rings. The first-order chi connectivity index (χ1) is 31.8. The van der Waals surface area contributed by atoms with Crippen LogP contribution in [0.3, 0.4) is 0 Å². The fourth-order valence-corrected chi connectivity index (χ4v) is 8.66. The number of hydrogen-bond acceptors (Lipinski definition) is 11. The Kier molecular flexibility index (Phi) is 19.4. The standard InChI is InChI=1S/C51H63N5O10S/c1-9-31-63-45(59)42(54-47(61)65-49(2,3)4)32-36-25-27-41(28-26-36)64-46(60)53-30-29-40(55(8)48(62)66-50(5,6)7)33-56(35-57)43(44(52)58)34-67-51(37-19-13-10-14-20-37,38-21-15-11-16-22-38)39-23-17-12-18-24-39/h9-28,35,40,42-43H,1,29-34H2,2-8H3,(H2,52,58)(H,53,60)(H,54,61). The van der Waals surface area contributed by atoms with Gasteiger partial charge in [-0.05, 0) is 82.3 Å². The Morgan fingerprint density at radius 3 is 1.75 bits per heavy atom. The molecule has 0 heterocycles. The molecule has 4 rings (SSSR count). The first kappa shape index (κ1) is 52.8. The minimum atomic E-state index is -1.12. The molecular formula is C51H63N5O10S. The molecule has 16 heteroatoms. The maximum Gasteiger partial charge on any atom is 0.412 e. The van der Waals surface area contributed by atoms with E-state index in [0.717, 1.165) is 16.7 Å². The highest BCUT2D eigenvalue weighted by Crippen LogP contribution is 2.48. The van der Waals surface area contributed by atoms with E-state index in [0.29, 0.717) is 12.0 Å². The maximum atomic E-state index is 13.5. The normalized spacial score (nSPS) is 12.8. The summed E-state index contributed by atoms with van der Waals surface area (Å²) in [6, 6.07) is 33.0. The van der Waals surface area contributed by atoms with Crippen molar-refractivity contribution in [3.63, 3.8) is 0 Å². The van der Waals surface area contributed by atoms with Crippen LogP contribution in [0.5, 0.6) is 5.75 Å². The highest BCUT2D eigenvalue weighted by atomic mass is 32.2. The fraction of sp³-hybridized carbons (Fsp3) is 0.373. The molecule has 0 saturated heterocycles. The molecule has 0 spiro atoms.